The fraction of sp³-hybridized carbons (Fsp3) is 0.250. The van der Waals surface area contributed by atoms with Gasteiger partial charge < -0.3 is 5.32 Å². The number of aryl methyl sites for hydroxylation is 1. The number of hydrogen-bond donors (Lipinski definition) is 2. The van der Waals surface area contributed by atoms with E-state index in [1.165, 1.54) is 19.1 Å². The Morgan fingerprint density at radius 2 is 2.16 bits per heavy atom. The van der Waals surface area contributed by atoms with E-state index in [-0.39, 0.29) is 23.5 Å². The first-order valence-electron chi connectivity index (χ1n) is 5.50. The lowest BCUT2D eigenvalue weighted by Crippen LogP contribution is -2.36. The van der Waals surface area contributed by atoms with Crippen LogP contribution >= 0.6 is 0 Å². The lowest BCUT2D eigenvalue weighted by molar-refractivity contribution is -0.119. The highest BCUT2D eigenvalue weighted by atomic mass is 32.2. The van der Waals surface area contributed by atoms with Crippen LogP contribution in [0.1, 0.15) is 5.56 Å². The molecule has 0 radical (unpaired) electrons. The average molecular weight is 286 g/mol. The van der Waals surface area contributed by atoms with Crippen molar-refractivity contribution in [3.05, 3.63) is 42.2 Å². The van der Waals surface area contributed by atoms with Crippen LogP contribution in [-0.2, 0) is 14.8 Å². The molecule has 0 aliphatic heterocycles. The van der Waals surface area contributed by atoms with Crippen molar-refractivity contribution in [1.29, 1.82) is 0 Å². The zero-order valence-electron chi connectivity index (χ0n) is 10.4. The van der Waals surface area contributed by atoms with E-state index < -0.39 is 21.7 Å². The molecule has 0 spiro atoms. The molecule has 1 aromatic carbocycles. The fourth-order valence-electron chi connectivity index (χ4n) is 1.28. The fourth-order valence-corrected chi connectivity index (χ4v) is 2.34. The van der Waals surface area contributed by atoms with Gasteiger partial charge in [-0.3, -0.25) is 4.79 Å². The summed E-state index contributed by atoms with van der Waals surface area (Å²) < 4.78 is 38.9. The molecule has 7 heteroatoms. The summed E-state index contributed by atoms with van der Waals surface area (Å²) in [5.41, 5.74) is 0.221. The van der Waals surface area contributed by atoms with Gasteiger partial charge in [-0.25, -0.2) is 17.5 Å². The molecule has 1 aromatic rings. The predicted molar refractivity (Wildman–Crippen MR) is 69.5 cm³/mol. The highest BCUT2D eigenvalue weighted by Crippen LogP contribution is 2.13. The van der Waals surface area contributed by atoms with Crippen molar-refractivity contribution in [2.45, 2.75) is 11.8 Å². The molecule has 0 aromatic heterocycles. The number of amides is 1. The molecule has 104 valence electrons. The Morgan fingerprint density at radius 1 is 1.47 bits per heavy atom. The molecule has 0 aliphatic carbocycles. The topological polar surface area (TPSA) is 75.3 Å². The molecule has 0 atom stereocenters. The Morgan fingerprint density at radius 3 is 2.74 bits per heavy atom. The third-order valence-electron chi connectivity index (χ3n) is 2.31. The van der Waals surface area contributed by atoms with Gasteiger partial charge in [-0.05, 0) is 30.7 Å². The van der Waals surface area contributed by atoms with E-state index in [0.717, 1.165) is 12.1 Å². The van der Waals surface area contributed by atoms with E-state index in [1.807, 2.05) is 0 Å². The van der Waals surface area contributed by atoms with Gasteiger partial charge in [0.2, 0.25) is 15.9 Å². The molecule has 0 saturated heterocycles. The van der Waals surface area contributed by atoms with Crippen LogP contribution in [0.4, 0.5) is 4.39 Å². The maximum Gasteiger partial charge on any atom is 0.241 e. The zero-order valence-corrected chi connectivity index (χ0v) is 11.3. The van der Waals surface area contributed by atoms with E-state index in [9.17, 15) is 17.6 Å². The smallest absolute Gasteiger partial charge is 0.241 e. The molecular formula is C12H15FN2O3S. The molecule has 0 fully saturated rings. The van der Waals surface area contributed by atoms with Gasteiger partial charge in [0.25, 0.3) is 0 Å². The molecule has 0 unspecified atom stereocenters. The molecular weight excluding hydrogens is 271 g/mol. The summed E-state index contributed by atoms with van der Waals surface area (Å²) in [6, 6.07) is 3.42. The standard InChI is InChI=1S/C12H15FN2O3S/c1-3-6-14-12(16)8-15-19(17,18)10-4-5-11(13)9(2)7-10/h3-5,7,15H,1,6,8H2,2H3,(H,14,16). The molecule has 0 bridgehead atoms. The molecule has 1 amide bonds. The van der Waals surface area contributed by atoms with Gasteiger partial charge in [-0.1, -0.05) is 6.08 Å². The first-order valence-corrected chi connectivity index (χ1v) is 6.98. The Kier molecular flexibility index (Phi) is 5.20. The third-order valence-corrected chi connectivity index (χ3v) is 3.70. The second-order valence-electron chi connectivity index (χ2n) is 3.83. The molecule has 0 aliphatic rings. The molecule has 0 heterocycles. The minimum Gasteiger partial charge on any atom is -0.352 e. The van der Waals surface area contributed by atoms with Gasteiger partial charge in [0.1, 0.15) is 5.82 Å². The van der Waals surface area contributed by atoms with Crippen LogP contribution in [0.2, 0.25) is 0 Å². The second kappa shape index (κ2) is 6.44. The van der Waals surface area contributed by atoms with Crippen molar-refractivity contribution in [2.75, 3.05) is 13.1 Å². The van der Waals surface area contributed by atoms with Gasteiger partial charge >= 0.3 is 0 Å². The Labute approximate surface area is 111 Å². The number of sulfonamides is 1. The Balaban J connectivity index is 2.73. The van der Waals surface area contributed by atoms with Gasteiger partial charge in [0.05, 0.1) is 11.4 Å². The second-order valence-corrected chi connectivity index (χ2v) is 5.60. The predicted octanol–water partition coefficient (Wildman–Crippen LogP) is 0.715. The van der Waals surface area contributed by atoms with E-state index >= 15 is 0 Å². The normalized spacial score (nSPS) is 11.1. The minimum atomic E-state index is -3.82. The zero-order chi connectivity index (χ0) is 14.5. The summed E-state index contributed by atoms with van der Waals surface area (Å²) in [5.74, 6) is -0.954. The van der Waals surface area contributed by atoms with E-state index in [2.05, 4.69) is 16.6 Å². The minimum absolute atomic E-state index is 0.0806. The monoisotopic (exact) mass is 286 g/mol. The first kappa shape index (κ1) is 15.3. The van der Waals surface area contributed by atoms with Crippen LogP contribution < -0.4 is 10.0 Å². The van der Waals surface area contributed by atoms with E-state index in [1.54, 1.807) is 0 Å². The van der Waals surface area contributed by atoms with Crippen LogP contribution in [0.3, 0.4) is 0 Å². The highest BCUT2D eigenvalue weighted by Gasteiger charge is 2.16. The number of carbonyl (C=O) groups excluding carboxylic acids is 1. The molecule has 19 heavy (non-hydrogen) atoms. The van der Waals surface area contributed by atoms with Crippen molar-refractivity contribution in [1.82, 2.24) is 10.0 Å². The summed E-state index contributed by atoms with van der Waals surface area (Å²) in [7, 11) is -3.82. The highest BCUT2D eigenvalue weighted by molar-refractivity contribution is 7.89. The molecule has 1 rings (SSSR count). The average Bonchev–Trinajstić information content (AvgIpc) is 2.37. The summed E-state index contributed by atoms with van der Waals surface area (Å²) >= 11 is 0. The van der Waals surface area contributed by atoms with E-state index in [4.69, 9.17) is 0 Å². The first-order chi connectivity index (χ1) is 8.86. The van der Waals surface area contributed by atoms with Crippen molar-refractivity contribution in [3.63, 3.8) is 0 Å². The summed E-state index contributed by atoms with van der Waals surface area (Å²) in [5, 5.41) is 2.43. The number of rotatable bonds is 6. The van der Waals surface area contributed by atoms with Crippen molar-refractivity contribution in [3.8, 4) is 0 Å². The Hall–Kier alpha value is -1.73. The molecule has 0 saturated carbocycles. The summed E-state index contributed by atoms with van der Waals surface area (Å²) in [4.78, 5) is 11.2. The van der Waals surface area contributed by atoms with Gasteiger partial charge in [-0.15, -0.1) is 6.58 Å². The van der Waals surface area contributed by atoms with Crippen LogP contribution in [0.15, 0.2) is 35.7 Å². The van der Waals surface area contributed by atoms with E-state index in [0.29, 0.717) is 0 Å². The number of benzene rings is 1. The third kappa shape index (κ3) is 4.46. The number of halogens is 1. The maximum absolute atomic E-state index is 13.1. The lowest BCUT2D eigenvalue weighted by atomic mass is 10.2. The van der Waals surface area contributed by atoms with Gasteiger partial charge in [0.15, 0.2) is 0 Å². The van der Waals surface area contributed by atoms with Crippen molar-refractivity contribution < 1.29 is 17.6 Å². The van der Waals surface area contributed by atoms with Crippen LogP contribution in [0, 0.1) is 12.7 Å². The van der Waals surface area contributed by atoms with Gasteiger partial charge in [-0.2, -0.15) is 0 Å². The lowest BCUT2D eigenvalue weighted by Gasteiger charge is -2.07. The Bertz CT molecular complexity index is 585. The molecule has 5 nitrogen and oxygen atoms in total. The number of nitrogens with one attached hydrogen (secondary N) is 2. The number of carbonyl (C=O) groups is 1. The van der Waals surface area contributed by atoms with Crippen molar-refractivity contribution >= 4 is 15.9 Å². The molecule has 2 N–H and O–H groups in total. The van der Waals surface area contributed by atoms with Gasteiger partial charge in [0, 0.05) is 6.54 Å². The quantitative estimate of drug-likeness (QED) is 0.756. The van der Waals surface area contributed by atoms with Crippen molar-refractivity contribution in [2.24, 2.45) is 0 Å². The summed E-state index contributed by atoms with van der Waals surface area (Å²) in [6.07, 6.45) is 1.48. The largest absolute Gasteiger partial charge is 0.352 e. The summed E-state index contributed by atoms with van der Waals surface area (Å²) in [6.45, 7) is 4.76. The van der Waals surface area contributed by atoms with Crippen LogP contribution in [0.5, 0.6) is 0 Å². The van der Waals surface area contributed by atoms with Crippen LogP contribution in [-0.4, -0.2) is 27.4 Å². The SMILES string of the molecule is C=CCNC(=O)CNS(=O)(=O)c1ccc(F)c(C)c1. The maximum atomic E-state index is 13.1. The van der Waals surface area contributed by atoms with Crippen LogP contribution in [0.25, 0.3) is 0 Å². The number of hydrogen-bond acceptors (Lipinski definition) is 3.